The minimum atomic E-state index is 0.723. The summed E-state index contributed by atoms with van der Waals surface area (Å²) in [7, 11) is 0. The number of hydrogen-bond acceptors (Lipinski definition) is 3. The van der Waals surface area contributed by atoms with Crippen molar-refractivity contribution in [1.82, 2.24) is 4.98 Å². The molecule has 1 aromatic heterocycles. The molecule has 0 bridgehead atoms. The predicted octanol–water partition coefficient (Wildman–Crippen LogP) is 5.91. The fourth-order valence-corrected chi connectivity index (χ4v) is 3.55. The maximum absolute atomic E-state index is 5.74. The number of nitrogens with zero attached hydrogens (tertiary/aromatic N) is 1. The summed E-state index contributed by atoms with van der Waals surface area (Å²) in [5, 5.41) is 2.46. The lowest BCUT2D eigenvalue weighted by atomic mass is 10.1. The molecular formula is C16H13Br2NOS. The van der Waals surface area contributed by atoms with Gasteiger partial charge in [-0.05, 0) is 28.8 Å². The third-order valence-corrected chi connectivity index (χ3v) is 5.25. The van der Waals surface area contributed by atoms with Gasteiger partial charge in [-0.2, -0.15) is 0 Å². The first-order valence-corrected chi connectivity index (χ1v) is 9.73. The molecule has 0 fully saturated rings. The van der Waals surface area contributed by atoms with Crippen LogP contribution in [-0.2, 0) is 16.4 Å². The number of hydrogen-bond donors (Lipinski definition) is 0. The maximum Gasteiger partial charge on any atom is 0.257 e. The zero-order chi connectivity index (χ0) is 14.7. The van der Waals surface area contributed by atoms with Gasteiger partial charge in [0.05, 0.1) is 0 Å². The van der Waals surface area contributed by atoms with Crippen molar-refractivity contribution in [2.75, 3.05) is 0 Å². The van der Waals surface area contributed by atoms with E-state index in [4.69, 9.17) is 4.42 Å². The number of fused-ring (bicyclic) bond motifs is 1. The summed E-state index contributed by atoms with van der Waals surface area (Å²) in [6, 6.07) is 14.5. The Balaban J connectivity index is 1.77. The third kappa shape index (κ3) is 3.71. The molecule has 0 aliphatic heterocycles. The first kappa shape index (κ1) is 15.1. The monoisotopic (exact) mass is 425 g/mol. The molecule has 108 valence electrons. The summed E-state index contributed by atoms with van der Waals surface area (Å²) in [6.07, 6.45) is 0. The van der Waals surface area contributed by atoms with Gasteiger partial charge in [0.1, 0.15) is 5.52 Å². The molecule has 0 amide bonds. The first-order chi connectivity index (χ1) is 10.3. The SMILES string of the molecule is BrCc1cc(CBr)cc(CSc2nc3ccccc3o2)c1. The van der Waals surface area contributed by atoms with Crippen molar-refractivity contribution in [3.63, 3.8) is 0 Å². The second-order valence-electron chi connectivity index (χ2n) is 4.66. The topological polar surface area (TPSA) is 26.0 Å². The maximum atomic E-state index is 5.74. The molecule has 0 N–H and O–H groups in total. The number of para-hydroxylation sites is 2. The number of alkyl halides is 2. The van der Waals surface area contributed by atoms with Crippen LogP contribution in [0, 0.1) is 0 Å². The molecule has 0 spiro atoms. The molecule has 1 heterocycles. The Bertz CT molecular complexity index is 702. The van der Waals surface area contributed by atoms with Gasteiger partial charge in [-0.25, -0.2) is 4.98 Å². The quantitative estimate of drug-likeness (QED) is 0.374. The molecule has 0 atom stereocenters. The van der Waals surface area contributed by atoms with Gasteiger partial charge in [0.25, 0.3) is 5.22 Å². The Kier molecular flexibility index (Phi) is 5.03. The van der Waals surface area contributed by atoms with Gasteiger partial charge >= 0.3 is 0 Å². The van der Waals surface area contributed by atoms with Gasteiger partial charge in [-0.15, -0.1) is 0 Å². The van der Waals surface area contributed by atoms with Crippen molar-refractivity contribution in [2.24, 2.45) is 0 Å². The summed E-state index contributed by atoms with van der Waals surface area (Å²) in [6.45, 7) is 0. The molecule has 5 heteroatoms. The minimum Gasteiger partial charge on any atom is -0.431 e. The van der Waals surface area contributed by atoms with E-state index in [-0.39, 0.29) is 0 Å². The van der Waals surface area contributed by atoms with E-state index in [0.29, 0.717) is 0 Å². The van der Waals surface area contributed by atoms with E-state index in [9.17, 15) is 0 Å². The van der Waals surface area contributed by atoms with Crippen LogP contribution in [-0.4, -0.2) is 4.98 Å². The number of oxazole rings is 1. The van der Waals surface area contributed by atoms with Gasteiger partial charge in [0.15, 0.2) is 5.58 Å². The lowest BCUT2D eigenvalue weighted by Crippen LogP contribution is -1.89. The van der Waals surface area contributed by atoms with Crippen LogP contribution in [0.2, 0.25) is 0 Å². The van der Waals surface area contributed by atoms with Gasteiger partial charge in [-0.1, -0.05) is 74.0 Å². The molecule has 3 rings (SSSR count). The van der Waals surface area contributed by atoms with Crippen LogP contribution in [0.3, 0.4) is 0 Å². The van der Waals surface area contributed by atoms with E-state index < -0.39 is 0 Å². The molecule has 0 saturated heterocycles. The van der Waals surface area contributed by atoms with Gasteiger partial charge < -0.3 is 4.42 Å². The smallest absolute Gasteiger partial charge is 0.257 e. The molecule has 2 nitrogen and oxygen atoms in total. The molecule has 21 heavy (non-hydrogen) atoms. The lowest BCUT2D eigenvalue weighted by Gasteiger charge is -2.05. The number of benzene rings is 2. The molecule has 0 saturated carbocycles. The molecule has 2 aromatic carbocycles. The second-order valence-corrected chi connectivity index (χ2v) is 6.71. The average molecular weight is 427 g/mol. The van der Waals surface area contributed by atoms with Crippen molar-refractivity contribution >= 4 is 54.7 Å². The van der Waals surface area contributed by atoms with E-state index in [1.807, 2.05) is 24.3 Å². The zero-order valence-electron chi connectivity index (χ0n) is 11.2. The van der Waals surface area contributed by atoms with Crippen molar-refractivity contribution in [2.45, 2.75) is 21.6 Å². The first-order valence-electron chi connectivity index (χ1n) is 6.50. The Labute approximate surface area is 144 Å². The third-order valence-electron chi connectivity index (χ3n) is 3.06. The summed E-state index contributed by atoms with van der Waals surface area (Å²) < 4.78 is 5.74. The Morgan fingerprint density at radius 1 is 0.952 bits per heavy atom. The predicted molar refractivity (Wildman–Crippen MR) is 95.3 cm³/mol. The van der Waals surface area contributed by atoms with Crippen LogP contribution in [0.25, 0.3) is 11.1 Å². The van der Waals surface area contributed by atoms with Crippen molar-refractivity contribution in [1.29, 1.82) is 0 Å². The summed E-state index contributed by atoms with van der Waals surface area (Å²) in [5.74, 6) is 0.855. The molecule has 3 aromatic rings. The Morgan fingerprint density at radius 3 is 2.29 bits per heavy atom. The highest BCUT2D eigenvalue weighted by Gasteiger charge is 2.07. The van der Waals surface area contributed by atoms with Crippen LogP contribution in [0.1, 0.15) is 16.7 Å². The highest BCUT2D eigenvalue weighted by Crippen LogP contribution is 2.27. The van der Waals surface area contributed by atoms with Crippen LogP contribution >= 0.6 is 43.6 Å². The Morgan fingerprint density at radius 2 is 1.62 bits per heavy atom. The Hall–Kier alpha value is -0.780. The van der Waals surface area contributed by atoms with E-state index in [1.165, 1.54) is 16.7 Å². The molecule has 0 radical (unpaired) electrons. The van der Waals surface area contributed by atoms with Gasteiger partial charge in [-0.3, -0.25) is 0 Å². The minimum absolute atomic E-state index is 0.723. The van der Waals surface area contributed by atoms with Crippen molar-refractivity contribution in [3.05, 3.63) is 59.2 Å². The van der Waals surface area contributed by atoms with Gasteiger partial charge in [0, 0.05) is 16.4 Å². The number of halogens is 2. The van der Waals surface area contributed by atoms with E-state index >= 15 is 0 Å². The zero-order valence-corrected chi connectivity index (χ0v) is 15.2. The normalized spacial score (nSPS) is 11.1. The molecule has 0 aliphatic rings. The molecule has 0 aliphatic carbocycles. The summed E-state index contributed by atoms with van der Waals surface area (Å²) >= 11 is 8.67. The number of rotatable bonds is 5. The van der Waals surface area contributed by atoms with Crippen LogP contribution < -0.4 is 0 Å². The number of thioether (sulfide) groups is 1. The van der Waals surface area contributed by atoms with Crippen LogP contribution in [0.5, 0.6) is 0 Å². The second kappa shape index (κ2) is 6.99. The molecular weight excluding hydrogens is 414 g/mol. The highest BCUT2D eigenvalue weighted by molar-refractivity contribution is 9.08. The van der Waals surface area contributed by atoms with Crippen LogP contribution in [0.15, 0.2) is 52.1 Å². The summed E-state index contributed by atoms with van der Waals surface area (Å²) in [4.78, 5) is 4.49. The van der Waals surface area contributed by atoms with E-state index in [0.717, 1.165) is 32.7 Å². The fraction of sp³-hybridized carbons (Fsp3) is 0.188. The average Bonchev–Trinajstić information content (AvgIpc) is 2.95. The van der Waals surface area contributed by atoms with Gasteiger partial charge in [0.2, 0.25) is 0 Å². The van der Waals surface area contributed by atoms with E-state index in [2.05, 4.69) is 55.0 Å². The largest absolute Gasteiger partial charge is 0.431 e. The molecule has 0 unspecified atom stereocenters. The van der Waals surface area contributed by atoms with Crippen molar-refractivity contribution < 1.29 is 4.42 Å². The summed E-state index contributed by atoms with van der Waals surface area (Å²) in [5.41, 5.74) is 5.62. The number of aromatic nitrogens is 1. The lowest BCUT2D eigenvalue weighted by molar-refractivity contribution is 0.489. The van der Waals surface area contributed by atoms with E-state index in [1.54, 1.807) is 11.8 Å². The highest BCUT2D eigenvalue weighted by atomic mass is 79.9. The van der Waals surface area contributed by atoms with Crippen molar-refractivity contribution in [3.8, 4) is 0 Å². The van der Waals surface area contributed by atoms with Crippen LogP contribution in [0.4, 0.5) is 0 Å². The fourth-order valence-electron chi connectivity index (χ4n) is 2.13. The standard InChI is InChI=1S/C16H13Br2NOS/c17-8-11-5-12(9-18)7-13(6-11)10-21-16-19-14-3-1-2-4-15(14)20-16/h1-7H,8-10H2.